The van der Waals surface area contributed by atoms with Gasteiger partial charge in [0.15, 0.2) is 0 Å². The molecule has 1 aromatic rings. The van der Waals surface area contributed by atoms with Gasteiger partial charge in [-0.15, -0.1) is 0 Å². The van der Waals surface area contributed by atoms with Crippen LogP contribution in [0, 0.1) is 5.82 Å². The molecule has 0 amide bonds. The second-order valence-corrected chi connectivity index (χ2v) is 4.82. The average Bonchev–Trinajstić information content (AvgIpc) is 2.33. The quantitative estimate of drug-likeness (QED) is 0.853. The normalized spacial score (nSPS) is 26.5. The zero-order valence-electron chi connectivity index (χ0n) is 9.69. The molecule has 0 aliphatic carbocycles. The molecule has 90 valence electrons. The van der Waals surface area contributed by atoms with Crippen molar-refractivity contribution < 1.29 is 4.39 Å². The van der Waals surface area contributed by atoms with E-state index in [1.807, 2.05) is 0 Å². The van der Waals surface area contributed by atoms with Crippen molar-refractivity contribution >= 4 is 0 Å². The van der Waals surface area contributed by atoms with Crippen LogP contribution in [-0.4, -0.2) is 35.1 Å². The van der Waals surface area contributed by atoms with Crippen LogP contribution in [0.5, 0.6) is 0 Å². The second-order valence-electron chi connectivity index (χ2n) is 4.82. The number of piperazine rings is 1. The summed E-state index contributed by atoms with van der Waals surface area (Å²) in [4.78, 5) is 6.47. The highest BCUT2D eigenvalue weighted by Gasteiger charge is 2.41. The van der Waals surface area contributed by atoms with Crippen molar-refractivity contribution in [2.45, 2.75) is 24.9 Å². The molecule has 2 bridgehead atoms. The van der Waals surface area contributed by atoms with Crippen molar-refractivity contribution in [3.8, 4) is 0 Å². The van der Waals surface area contributed by atoms with E-state index in [4.69, 9.17) is 0 Å². The Morgan fingerprint density at radius 1 is 1.47 bits per heavy atom. The summed E-state index contributed by atoms with van der Waals surface area (Å²) in [5.41, 5.74) is 1.99. The van der Waals surface area contributed by atoms with E-state index in [2.05, 4.69) is 21.8 Å². The van der Waals surface area contributed by atoms with Gasteiger partial charge in [-0.25, -0.2) is 4.39 Å². The van der Waals surface area contributed by atoms with Gasteiger partial charge in [0.2, 0.25) is 0 Å². The number of pyridine rings is 1. The largest absolute Gasteiger partial charge is 0.366 e. The molecule has 2 aliphatic rings. The number of hydrogen-bond donors (Lipinski definition) is 1. The van der Waals surface area contributed by atoms with Crippen LogP contribution in [0.4, 0.5) is 4.39 Å². The Labute approximate surface area is 100 Å². The first-order valence-corrected chi connectivity index (χ1v) is 6.01. The minimum absolute atomic E-state index is 0.288. The summed E-state index contributed by atoms with van der Waals surface area (Å²) in [6.45, 7) is 6.24. The number of nitrogens with one attached hydrogen (secondary N) is 1. The summed E-state index contributed by atoms with van der Waals surface area (Å²) in [6.07, 6.45) is 3.25. The molecule has 1 N–H and O–H groups in total. The van der Waals surface area contributed by atoms with Crippen LogP contribution in [0.2, 0.25) is 0 Å². The molecular weight excluding hydrogens is 217 g/mol. The molecule has 3 nitrogen and oxygen atoms in total. The topological polar surface area (TPSA) is 28.2 Å². The highest BCUT2D eigenvalue weighted by Crippen LogP contribution is 2.32. The van der Waals surface area contributed by atoms with Gasteiger partial charge >= 0.3 is 0 Å². The van der Waals surface area contributed by atoms with E-state index in [0.29, 0.717) is 18.5 Å². The Bertz CT molecular complexity index is 415. The molecule has 3 heterocycles. The monoisotopic (exact) mass is 233 g/mol. The van der Waals surface area contributed by atoms with Crippen molar-refractivity contribution in [2.75, 3.05) is 13.1 Å². The van der Waals surface area contributed by atoms with Crippen molar-refractivity contribution in [1.29, 1.82) is 0 Å². The Kier molecular flexibility index (Phi) is 2.59. The van der Waals surface area contributed by atoms with Gasteiger partial charge in [0.25, 0.3) is 0 Å². The maximum absolute atomic E-state index is 12.7. The van der Waals surface area contributed by atoms with E-state index >= 15 is 0 Å². The molecule has 0 spiro atoms. The molecule has 2 unspecified atom stereocenters. The average molecular weight is 233 g/mol. The van der Waals surface area contributed by atoms with Gasteiger partial charge in [-0.05, 0) is 18.6 Å². The lowest BCUT2D eigenvalue weighted by molar-refractivity contribution is 0.0187. The van der Waals surface area contributed by atoms with E-state index in [1.165, 1.54) is 18.7 Å². The summed E-state index contributed by atoms with van der Waals surface area (Å²) >= 11 is 0. The number of nitrogens with zero attached hydrogens (tertiary/aromatic N) is 2. The van der Waals surface area contributed by atoms with Gasteiger partial charge in [-0.3, -0.25) is 4.98 Å². The first kappa shape index (κ1) is 10.7. The molecule has 2 aliphatic heterocycles. The second kappa shape index (κ2) is 4.11. The van der Waals surface area contributed by atoms with Gasteiger partial charge < -0.3 is 10.2 Å². The Morgan fingerprint density at radius 3 is 2.82 bits per heavy atom. The smallest absolute Gasteiger partial charge is 0.141 e. The van der Waals surface area contributed by atoms with Gasteiger partial charge in [0.05, 0.1) is 6.20 Å². The molecule has 4 heteroatoms. The molecule has 0 aromatic carbocycles. The molecule has 1 aromatic heterocycles. The van der Waals surface area contributed by atoms with Crippen LogP contribution in [0.3, 0.4) is 0 Å². The summed E-state index contributed by atoms with van der Waals surface area (Å²) in [6, 6.07) is 4.38. The van der Waals surface area contributed by atoms with Crippen molar-refractivity contribution in [1.82, 2.24) is 15.2 Å². The Hall–Kier alpha value is -1.42. The molecule has 2 fully saturated rings. The van der Waals surface area contributed by atoms with E-state index < -0.39 is 0 Å². The standard InChI is InChI=1S/C13H16FN3/c1-9(4-11-3-2-10(14)6-16-11)17-12-5-13(17)8-15-7-12/h2-3,6,12-13,15H,1,4-5,7-8H2. The lowest BCUT2D eigenvalue weighted by Gasteiger charge is -2.55. The number of allylic oxidation sites excluding steroid dienone is 1. The number of rotatable bonds is 3. The van der Waals surface area contributed by atoms with E-state index in [1.54, 1.807) is 6.07 Å². The molecule has 3 rings (SSSR count). The van der Waals surface area contributed by atoms with Gasteiger partial charge in [-0.2, -0.15) is 0 Å². The summed E-state index contributed by atoms with van der Waals surface area (Å²) in [5, 5.41) is 3.39. The third-order valence-corrected chi connectivity index (χ3v) is 3.63. The molecule has 2 atom stereocenters. The maximum atomic E-state index is 12.7. The molecule has 0 saturated carbocycles. The lowest BCUT2D eigenvalue weighted by atomic mass is 9.87. The minimum atomic E-state index is -0.288. The summed E-state index contributed by atoms with van der Waals surface area (Å²) in [5.74, 6) is -0.288. The molecule has 0 radical (unpaired) electrons. The van der Waals surface area contributed by atoms with Gasteiger partial charge in [0.1, 0.15) is 5.82 Å². The zero-order chi connectivity index (χ0) is 11.8. The van der Waals surface area contributed by atoms with Crippen molar-refractivity contribution in [3.63, 3.8) is 0 Å². The Balaban J connectivity index is 1.65. The lowest BCUT2D eigenvalue weighted by Crippen LogP contribution is -2.67. The van der Waals surface area contributed by atoms with Gasteiger partial charge in [0, 0.05) is 43.0 Å². The highest BCUT2D eigenvalue weighted by atomic mass is 19.1. The first-order valence-electron chi connectivity index (χ1n) is 6.01. The van der Waals surface area contributed by atoms with Crippen LogP contribution in [0.15, 0.2) is 30.6 Å². The number of fused-ring (bicyclic) bond motifs is 2. The van der Waals surface area contributed by atoms with Crippen LogP contribution in [-0.2, 0) is 6.42 Å². The third kappa shape index (κ3) is 1.93. The maximum Gasteiger partial charge on any atom is 0.141 e. The predicted molar refractivity (Wildman–Crippen MR) is 63.9 cm³/mol. The van der Waals surface area contributed by atoms with E-state index in [9.17, 15) is 4.39 Å². The first-order chi connectivity index (χ1) is 8.24. The highest BCUT2D eigenvalue weighted by molar-refractivity contribution is 5.18. The van der Waals surface area contributed by atoms with Gasteiger partial charge in [-0.1, -0.05) is 6.58 Å². The van der Waals surface area contributed by atoms with Crippen molar-refractivity contribution in [2.24, 2.45) is 0 Å². The SMILES string of the molecule is C=C(Cc1ccc(F)cn1)N1C2CNCC1C2. The number of hydrogen-bond acceptors (Lipinski definition) is 3. The van der Waals surface area contributed by atoms with Crippen LogP contribution in [0.1, 0.15) is 12.1 Å². The van der Waals surface area contributed by atoms with Crippen molar-refractivity contribution in [3.05, 3.63) is 42.1 Å². The predicted octanol–water partition coefficient (Wildman–Crippen LogP) is 1.32. The third-order valence-electron chi connectivity index (χ3n) is 3.63. The minimum Gasteiger partial charge on any atom is -0.366 e. The zero-order valence-corrected chi connectivity index (χ0v) is 9.69. The fourth-order valence-electron chi connectivity index (χ4n) is 2.81. The van der Waals surface area contributed by atoms with E-state index in [0.717, 1.165) is 24.5 Å². The van der Waals surface area contributed by atoms with Crippen LogP contribution in [0.25, 0.3) is 0 Å². The van der Waals surface area contributed by atoms with Crippen LogP contribution < -0.4 is 5.32 Å². The number of halogens is 1. The fraction of sp³-hybridized carbons (Fsp3) is 0.462. The Morgan fingerprint density at radius 2 is 2.24 bits per heavy atom. The molecular formula is C13H16FN3. The molecule has 2 saturated heterocycles. The summed E-state index contributed by atoms with van der Waals surface area (Å²) < 4.78 is 12.7. The fourth-order valence-corrected chi connectivity index (χ4v) is 2.81. The van der Waals surface area contributed by atoms with Crippen LogP contribution >= 0.6 is 0 Å². The number of piperidine rings is 1. The molecule has 17 heavy (non-hydrogen) atoms. The van der Waals surface area contributed by atoms with E-state index in [-0.39, 0.29) is 5.82 Å². The summed E-state index contributed by atoms with van der Waals surface area (Å²) in [7, 11) is 0. The number of aromatic nitrogens is 1.